The zero-order valence-corrected chi connectivity index (χ0v) is 20.4. The standard InChI is InChI=1S/C28H40O4/c1-23-7-19-8-24(2,13-23)16-27(11-19,15-23)31-21(29)5-6-22(30)32-28-12-20-9-25(3,17-28)14-26(4,10-20)18-28/h5-6,19-20H,7-18H2,1-4H3/b6-5-. The molecule has 32 heavy (non-hydrogen) atoms. The number of esters is 2. The first-order valence-corrected chi connectivity index (χ1v) is 12.9. The quantitative estimate of drug-likeness (QED) is 0.390. The van der Waals surface area contributed by atoms with E-state index in [4.69, 9.17) is 9.47 Å². The highest BCUT2D eigenvalue weighted by Gasteiger charge is 2.63. The highest BCUT2D eigenvalue weighted by atomic mass is 16.6. The van der Waals surface area contributed by atoms with Crippen LogP contribution < -0.4 is 0 Å². The summed E-state index contributed by atoms with van der Waals surface area (Å²) in [5, 5.41) is 0. The number of carbonyl (C=O) groups excluding carboxylic acids is 2. The number of ether oxygens (including phenoxy) is 2. The molecule has 8 fully saturated rings. The van der Waals surface area contributed by atoms with Crippen LogP contribution in [0.15, 0.2) is 12.2 Å². The summed E-state index contributed by atoms with van der Waals surface area (Å²) >= 11 is 0. The van der Waals surface area contributed by atoms with E-state index in [-0.39, 0.29) is 23.1 Å². The van der Waals surface area contributed by atoms with Gasteiger partial charge in [0.1, 0.15) is 11.2 Å². The molecule has 0 aliphatic heterocycles. The second-order valence-corrected chi connectivity index (χ2v) is 14.8. The van der Waals surface area contributed by atoms with Crippen molar-refractivity contribution < 1.29 is 19.1 Å². The van der Waals surface area contributed by atoms with E-state index < -0.39 is 0 Å². The normalized spacial score (nSPS) is 54.9. The van der Waals surface area contributed by atoms with Crippen LogP contribution in [-0.4, -0.2) is 23.1 Å². The second-order valence-electron chi connectivity index (χ2n) is 14.8. The van der Waals surface area contributed by atoms with Crippen molar-refractivity contribution in [3.05, 3.63) is 12.2 Å². The fourth-order valence-corrected chi connectivity index (χ4v) is 11.5. The fourth-order valence-electron chi connectivity index (χ4n) is 11.5. The Morgan fingerprint density at radius 1 is 0.562 bits per heavy atom. The van der Waals surface area contributed by atoms with Gasteiger partial charge in [-0.2, -0.15) is 0 Å². The van der Waals surface area contributed by atoms with E-state index in [9.17, 15) is 9.59 Å². The van der Waals surface area contributed by atoms with Crippen molar-refractivity contribution in [1.29, 1.82) is 0 Å². The van der Waals surface area contributed by atoms with Crippen LogP contribution in [0.4, 0.5) is 0 Å². The molecule has 8 saturated carbocycles. The van der Waals surface area contributed by atoms with Crippen molar-refractivity contribution in [3.8, 4) is 0 Å². The Bertz CT molecular complexity index is 793. The Morgan fingerprint density at radius 3 is 1.16 bits per heavy atom. The third-order valence-corrected chi connectivity index (χ3v) is 10.1. The first-order valence-electron chi connectivity index (χ1n) is 12.9. The number of hydrogen-bond acceptors (Lipinski definition) is 4. The van der Waals surface area contributed by atoms with Crippen molar-refractivity contribution in [2.45, 2.75) is 116 Å². The molecule has 0 spiro atoms. The summed E-state index contributed by atoms with van der Waals surface area (Å²) in [6, 6.07) is 0. The van der Waals surface area contributed by atoms with Gasteiger partial charge in [0.05, 0.1) is 0 Å². The molecule has 0 aromatic carbocycles. The third-order valence-electron chi connectivity index (χ3n) is 10.1. The van der Waals surface area contributed by atoms with E-state index >= 15 is 0 Å². The highest BCUT2D eigenvalue weighted by Crippen LogP contribution is 2.68. The lowest BCUT2D eigenvalue weighted by Gasteiger charge is -2.64. The Balaban J connectivity index is 1.12. The molecule has 0 amide bonds. The number of rotatable bonds is 4. The molecule has 0 saturated heterocycles. The van der Waals surface area contributed by atoms with Crippen LogP contribution in [0.2, 0.25) is 0 Å². The maximum Gasteiger partial charge on any atom is 0.331 e. The van der Waals surface area contributed by atoms with Gasteiger partial charge in [-0.15, -0.1) is 0 Å². The van der Waals surface area contributed by atoms with Crippen LogP contribution in [0.5, 0.6) is 0 Å². The van der Waals surface area contributed by atoms with Crippen molar-refractivity contribution >= 4 is 11.9 Å². The van der Waals surface area contributed by atoms with Gasteiger partial charge in [0.15, 0.2) is 0 Å². The molecule has 4 atom stereocenters. The van der Waals surface area contributed by atoms with Crippen LogP contribution in [0.1, 0.15) is 105 Å². The third kappa shape index (κ3) is 3.46. The Hall–Kier alpha value is -1.32. The fraction of sp³-hybridized carbons (Fsp3) is 0.857. The first kappa shape index (κ1) is 21.2. The molecule has 8 aliphatic carbocycles. The average molecular weight is 441 g/mol. The van der Waals surface area contributed by atoms with Gasteiger partial charge in [0.2, 0.25) is 0 Å². The van der Waals surface area contributed by atoms with Gasteiger partial charge in [-0.05, 0) is 111 Å². The van der Waals surface area contributed by atoms with Gasteiger partial charge in [-0.3, -0.25) is 0 Å². The molecule has 4 heteroatoms. The molecule has 0 aromatic rings. The summed E-state index contributed by atoms with van der Waals surface area (Å²) < 4.78 is 12.2. The largest absolute Gasteiger partial charge is 0.456 e. The lowest BCUT2D eigenvalue weighted by molar-refractivity contribution is -0.214. The minimum Gasteiger partial charge on any atom is -0.456 e. The number of hydrogen-bond donors (Lipinski definition) is 0. The minimum absolute atomic E-state index is 0.293. The van der Waals surface area contributed by atoms with Crippen LogP contribution in [0.3, 0.4) is 0 Å². The monoisotopic (exact) mass is 440 g/mol. The second kappa shape index (κ2) is 6.21. The summed E-state index contributed by atoms with van der Waals surface area (Å²) in [6.45, 7) is 9.49. The van der Waals surface area contributed by atoms with E-state index in [0.29, 0.717) is 33.5 Å². The van der Waals surface area contributed by atoms with Gasteiger partial charge in [0.25, 0.3) is 0 Å². The predicted molar refractivity (Wildman–Crippen MR) is 122 cm³/mol. The Labute approximate surface area is 192 Å². The molecule has 4 nitrogen and oxygen atoms in total. The van der Waals surface area contributed by atoms with Crippen LogP contribution in [0.25, 0.3) is 0 Å². The smallest absolute Gasteiger partial charge is 0.331 e. The van der Waals surface area contributed by atoms with E-state index in [0.717, 1.165) is 38.5 Å². The molecule has 8 bridgehead atoms. The summed E-state index contributed by atoms with van der Waals surface area (Å²) in [5.74, 6) is 0.588. The van der Waals surface area contributed by atoms with Crippen molar-refractivity contribution in [2.24, 2.45) is 33.5 Å². The summed E-state index contributed by atoms with van der Waals surface area (Å²) in [6.07, 6.45) is 16.1. The molecule has 0 N–H and O–H groups in total. The van der Waals surface area contributed by atoms with Gasteiger partial charge in [-0.1, -0.05) is 27.7 Å². The summed E-state index contributed by atoms with van der Waals surface area (Å²) in [7, 11) is 0. The van der Waals surface area contributed by atoms with Gasteiger partial charge in [-0.25, -0.2) is 9.59 Å². The minimum atomic E-state index is -0.375. The molecule has 176 valence electrons. The maximum atomic E-state index is 12.8. The lowest BCUT2D eigenvalue weighted by atomic mass is 9.43. The average Bonchev–Trinajstić information content (AvgIpc) is 2.52. The van der Waals surface area contributed by atoms with Crippen molar-refractivity contribution in [3.63, 3.8) is 0 Å². The summed E-state index contributed by atoms with van der Waals surface area (Å²) in [4.78, 5) is 25.6. The van der Waals surface area contributed by atoms with Crippen LogP contribution >= 0.6 is 0 Å². The maximum absolute atomic E-state index is 12.8. The van der Waals surface area contributed by atoms with E-state index in [2.05, 4.69) is 27.7 Å². The van der Waals surface area contributed by atoms with E-state index in [1.807, 2.05) is 0 Å². The molecule has 0 heterocycles. The molecule has 4 unspecified atom stereocenters. The zero-order chi connectivity index (χ0) is 22.6. The lowest BCUT2D eigenvalue weighted by Crippen LogP contribution is -2.60. The molecule has 8 rings (SSSR count). The van der Waals surface area contributed by atoms with Gasteiger partial charge in [0, 0.05) is 12.2 Å². The van der Waals surface area contributed by atoms with Gasteiger partial charge < -0.3 is 9.47 Å². The van der Waals surface area contributed by atoms with Crippen LogP contribution in [0, 0.1) is 33.5 Å². The Kier molecular flexibility index (Phi) is 4.12. The molecule has 0 radical (unpaired) electrons. The molecule has 8 aliphatic rings. The first-order chi connectivity index (χ1) is 14.8. The molecule has 0 aromatic heterocycles. The topological polar surface area (TPSA) is 52.6 Å². The van der Waals surface area contributed by atoms with E-state index in [1.54, 1.807) is 0 Å². The predicted octanol–water partition coefficient (Wildman–Crippen LogP) is 6.13. The van der Waals surface area contributed by atoms with Crippen LogP contribution in [-0.2, 0) is 19.1 Å². The van der Waals surface area contributed by atoms with Crippen molar-refractivity contribution in [1.82, 2.24) is 0 Å². The highest BCUT2D eigenvalue weighted by molar-refractivity contribution is 5.92. The number of carbonyl (C=O) groups is 2. The molecular formula is C28H40O4. The molecular weight excluding hydrogens is 400 g/mol. The Morgan fingerprint density at radius 2 is 0.875 bits per heavy atom. The van der Waals surface area contributed by atoms with Crippen molar-refractivity contribution in [2.75, 3.05) is 0 Å². The van der Waals surface area contributed by atoms with E-state index in [1.165, 1.54) is 50.7 Å². The summed E-state index contributed by atoms with van der Waals surface area (Å²) in [5.41, 5.74) is 0.502. The SMILES string of the molecule is CC12CC3CC(C)(C1)CC(OC(=O)/C=C\C(=O)OC14CC5CC(C)(CC(C)(C5)C1)C4)(C3)C2. The zero-order valence-electron chi connectivity index (χ0n) is 20.4. The van der Waals surface area contributed by atoms with Gasteiger partial charge >= 0.3 is 11.9 Å².